The molecule has 0 bridgehead atoms. The molecule has 0 fully saturated rings. The van der Waals surface area contributed by atoms with Crippen molar-refractivity contribution in [3.63, 3.8) is 0 Å². The first-order chi connectivity index (χ1) is 14.4. The Bertz CT molecular complexity index is 1220. The summed E-state index contributed by atoms with van der Waals surface area (Å²) in [4.78, 5) is 15.6. The Hall–Kier alpha value is -2.96. The molecule has 2 aromatic carbocycles. The van der Waals surface area contributed by atoms with Crippen molar-refractivity contribution in [3.8, 4) is 0 Å². The monoisotopic (exact) mass is 439 g/mol. The Kier molecular flexibility index (Phi) is 4.49. The van der Waals surface area contributed by atoms with Gasteiger partial charge in [-0.05, 0) is 54.8 Å². The van der Waals surface area contributed by atoms with Crippen LogP contribution < -0.4 is 16.0 Å². The predicted octanol–water partition coefficient (Wildman–Crippen LogP) is 4.65. The second-order valence-electron chi connectivity index (χ2n) is 7.50. The number of benzene rings is 2. The molecule has 3 aromatic rings. The molecule has 30 heavy (non-hydrogen) atoms. The lowest BCUT2D eigenvalue weighted by atomic mass is 9.94. The number of allylic oxidation sites excluding steroid dienone is 1. The van der Waals surface area contributed by atoms with E-state index < -0.39 is 6.04 Å². The molecule has 1 aromatic heterocycles. The van der Waals surface area contributed by atoms with E-state index in [1.54, 1.807) is 23.0 Å². The maximum atomic E-state index is 13.8. The molecule has 152 valence electrons. The largest absolute Gasteiger partial charge is 0.399 e. The van der Waals surface area contributed by atoms with Crippen molar-refractivity contribution in [1.29, 1.82) is 0 Å². The van der Waals surface area contributed by atoms with Crippen molar-refractivity contribution >= 4 is 46.3 Å². The average molecular weight is 440 g/mol. The fourth-order valence-corrected chi connectivity index (χ4v) is 4.56. The van der Waals surface area contributed by atoms with Crippen molar-refractivity contribution in [2.24, 2.45) is 0 Å². The standard InChI is InChI=1S/C22H19Cl2N5O/c1-12-20(22(30)28-9-7-13-10-15(25)3-5-18(13)28)21(29-19(27-12)6-8-26-29)14-2-4-16(23)17(24)11-14/h2-6,8,10-11,21,27H,7,9,25H2,1H3. The van der Waals surface area contributed by atoms with E-state index in [4.69, 9.17) is 28.9 Å². The van der Waals surface area contributed by atoms with E-state index in [1.807, 2.05) is 42.2 Å². The van der Waals surface area contributed by atoms with Crippen molar-refractivity contribution in [3.05, 3.63) is 81.1 Å². The molecule has 3 heterocycles. The summed E-state index contributed by atoms with van der Waals surface area (Å²) in [5.41, 5.74) is 10.9. The van der Waals surface area contributed by atoms with E-state index in [1.165, 1.54) is 0 Å². The highest BCUT2D eigenvalue weighted by atomic mass is 35.5. The van der Waals surface area contributed by atoms with Crippen LogP contribution in [0.4, 0.5) is 17.2 Å². The summed E-state index contributed by atoms with van der Waals surface area (Å²) in [5, 5.41) is 8.68. The number of carbonyl (C=O) groups excluding carboxylic acids is 1. The Morgan fingerprint density at radius 3 is 2.80 bits per heavy atom. The van der Waals surface area contributed by atoms with Gasteiger partial charge in [0.2, 0.25) is 0 Å². The Labute approximate surface area is 183 Å². The number of carbonyl (C=O) groups is 1. The molecule has 8 heteroatoms. The number of nitrogen functional groups attached to an aromatic ring is 1. The van der Waals surface area contributed by atoms with Crippen LogP contribution in [-0.2, 0) is 11.2 Å². The van der Waals surface area contributed by atoms with Gasteiger partial charge in [-0.3, -0.25) is 4.79 Å². The van der Waals surface area contributed by atoms with E-state index in [0.29, 0.717) is 27.9 Å². The van der Waals surface area contributed by atoms with E-state index in [2.05, 4.69) is 10.4 Å². The number of amides is 1. The summed E-state index contributed by atoms with van der Waals surface area (Å²) in [5.74, 6) is 0.746. The van der Waals surface area contributed by atoms with Crippen LogP contribution in [0.5, 0.6) is 0 Å². The van der Waals surface area contributed by atoms with E-state index in [-0.39, 0.29) is 5.91 Å². The van der Waals surface area contributed by atoms with Crippen LogP contribution in [0.15, 0.2) is 59.9 Å². The number of nitrogens with one attached hydrogen (secondary N) is 1. The number of nitrogens with two attached hydrogens (primary N) is 1. The molecule has 2 aliphatic rings. The quantitative estimate of drug-likeness (QED) is 0.569. The highest BCUT2D eigenvalue weighted by Crippen LogP contribution is 2.40. The molecule has 2 aliphatic heterocycles. The summed E-state index contributed by atoms with van der Waals surface area (Å²) < 4.78 is 1.81. The Morgan fingerprint density at radius 1 is 1.17 bits per heavy atom. The molecule has 0 saturated carbocycles. The van der Waals surface area contributed by atoms with Gasteiger partial charge < -0.3 is 16.0 Å². The first-order valence-corrected chi connectivity index (χ1v) is 10.4. The minimum absolute atomic E-state index is 0.0688. The number of fused-ring (bicyclic) bond motifs is 2. The van der Waals surface area contributed by atoms with Gasteiger partial charge in [0.15, 0.2) is 0 Å². The van der Waals surface area contributed by atoms with Gasteiger partial charge in [0, 0.05) is 29.7 Å². The zero-order valence-electron chi connectivity index (χ0n) is 16.2. The first kappa shape index (κ1) is 19.0. The third-order valence-corrected chi connectivity index (χ3v) is 6.38. The fraction of sp³-hybridized carbons (Fsp3) is 0.182. The molecule has 0 radical (unpaired) electrons. The van der Waals surface area contributed by atoms with Crippen LogP contribution >= 0.6 is 23.2 Å². The lowest BCUT2D eigenvalue weighted by Crippen LogP contribution is -2.37. The number of aromatic nitrogens is 2. The molecule has 5 rings (SSSR count). The zero-order chi connectivity index (χ0) is 21.0. The topological polar surface area (TPSA) is 76.2 Å². The van der Waals surface area contributed by atoms with Gasteiger partial charge in [0.05, 0.1) is 21.8 Å². The van der Waals surface area contributed by atoms with E-state index in [9.17, 15) is 4.79 Å². The van der Waals surface area contributed by atoms with Crippen molar-refractivity contribution in [2.75, 3.05) is 22.5 Å². The maximum absolute atomic E-state index is 13.8. The molecular weight excluding hydrogens is 421 g/mol. The summed E-state index contributed by atoms with van der Waals surface area (Å²) in [7, 11) is 0. The van der Waals surface area contributed by atoms with E-state index in [0.717, 1.165) is 34.8 Å². The lowest BCUT2D eigenvalue weighted by Gasteiger charge is -2.32. The molecule has 0 spiro atoms. The van der Waals surface area contributed by atoms with Crippen LogP contribution in [0.1, 0.15) is 24.1 Å². The minimum atomic E-state index is -0.420. The number of anilines is 3. The molecule has 1 unspecified atom stereocenters. The van der Waals surface area contributed by atoms with Crippen molar-refractivity contribution < 1.29 is 4.79 Å². The van der Waals surface area contributed by atoms with Gasteiger partial charge in [-0.1, -0.05) is 29.3 Å². The van der Waals surface area contributed by atoms with E-state index >= 15 is 0 Å². The highest BCUT2D eigenvalue weighted by molar-refractivity contribution is 6.42. The number of halogens is 2. The first-order valence-electron chi connectivity index (χ1n) is 9.60. The zero-order valence-corrected chi connectivity index (χ0v) is 17.7. The smallest absolute Gasteiger partial charge is 0.258 e. The highest BCUT2D eigenvalue weighted by Gasteiger charge is 2.37. The summed E-state index contributed by atoms with van der Waals surface area (Å²) in [6.45, 7) is 2.52. The van der Waals surface area contributed by atoms with Gasteiger partial charge in [-0.15, -0.1) is 0 Å². The number of hydrogen-bond donors (Lipinski definition) is 2. The second kappa shape index (κ2) is 7.07. The second-order valence-corrected chi connectivity index (χ2v) is 8.31. The van der Waals surface area contributed by atoms with Crippen LogP contribution in [0.2, 0.25) is 10.0 Å². The van der Waals surface area contributed by atoms with Crippen LogP contribution in [0, 0.1) is 0 Å². The third kappa shape index (κ3) is 2.95. The lowest BCUT2D eigenvalue weighted by molar-refractivity contribution is -0.115. The number of nitrogens with zero attached hydrogens (tertiary/aromatic N) is 3. The summed E-state index contributed by atoms with van der Waals surface area (Å²) in [6, 6.07) is 12.6. The summed E-state index contributed by atoms with van der Waals surface area (Å²) >= 11 is 12.4. The fourth-order valence-electron chi connectivity index (χ4n) is 4.25. The van der Waals surface area contributed by atoms with Gasteiger partial charge in [0.1, 0.15) is 11.9 Å². The Balaban J connectivity index is 1.62. The van der Waals surface area contributed by atoms with Gasteiger partial charge in [-0.2, -0.15) is 5.10 Å². The minimum Gasteiger partial charge on any atom is -0.399 e. The normalized spacial score (nSPS) is 17.6. The van der Waals surface area contributed by atoms with Crippen molar-refractivity contribution in [1.82, 2.24) is 9.78 Å². The van der Waals surface area contributed by atoms with Gasteiger partial charge in [-0.25, -0.2) is 4.68 Å². The predicted molar refractivity (Wildman–Crippen MR) is 120 cm³/mol. The maximum Gasteiger partial charge on any atom is 0.258 e. The van der Waals surface area contributed by atoms with Crippen LogP contribution in [-0.4, -0.2) is 22.2 Å². The molecule has 1 amide bonds. The van der Waals surface area contributed by atoms with Crippen LogP contribution in [0.25, 0.3) is 0 Å². The average Bonchev–Trinajstić information content (AvgIpc) is 3.34. The molecule has 3 N–H and O–H groups in total. The molecule has 0 saturated heterocycles. The van der Waals surface area contributed by atoms with Crippen molar-refractivity contribution in [2.45, 2.75) is 19.4 Å². The molecule has 6 nitrogen and oxygen atoms in total. The van der Waals surface area contributed by atoms with Gasteiger partial charge >= 0.3 is 0 Å². The molecule has 1 atom stereocenters. The van der Waals surface area contributed by atoms with Gasteiger partial charge in [0.25, 0.3) is 5.91 Å². The summed E-state index contributed by atoms with van der Waals surface area (Å²) in [6.07, 6.45) is 2.48. The SMILES string of the molecule is CC1=C(C(=O)N2CCc3cc(N)ccc32)C(c2ccc(Cl)c(Cl)c2)n2nccc2N1. The number of hydrogen-bond acceptors (Lipinski definition) is 4. The Morgan fingerprint density at radius 2 is 2.00 bits per heavy atom. The van der Waals surface area contributed by atoms with Crippen LogP contribution in [0.3, 0.4) is 0 Å². The molecule has 0 aliphatic carbocycles. The third-order valence-electron chi connectivity index (χ3n) is 5.64. The number of rotatable bonds is 2. The molecular formula is C22H19Cl2N5O.